The maximum atomic E-state index is 5.29. The van der Waals surface area contributed by atoms with Crippen LogP contribution in [0.3, 0.4) is 0 Å². The standard InChI is InChI=1S/C10H13BrO2/c1-12-8-13-10(11)7-9-5-3-2-4-6-9/h2-6,10H,7-8H2,1H3. The van der Waals surface area contributed by atoms with Crippen LogP contribution in [0.5, 0.6) is 0 Å². The van der Waals surface area contributed by atoms with Gasteiger partial charge in [-0.15, -0.1) is 0 Å². The molecule has 2 nitrogen and oxygen atoms in total. The van der Waals surface area contributed by atoms with E-state index in [2.05, 4.69) is 28.1 Å². The van der Waals surface area contributed by atoms with E-state index in [4.69, 9.17) is 9.47 Å². The molecule has 0 bridgehead atoms. The molecule has 3 heteroatoms. The summed E-state index contributed by atoms with van der Waals surface area (Å²) < 4.78 is 10.1. The highest BCUT2D eigenvalue weighted by Crippen LogP contribution is 2.10. The average molecular weight is 245 g/mol. The molecule has 0 saturated carbocycles. The molecule has 1 atom stereocenters. The minimum Gasteiger partial charge on any atom is -0.359 e. The molecule has 0 spiro atoms. The SMILES string of the molecule is COCOC(Br)Cc1ccccc1. The summed E-state index contributed by atoms with van der Waals surface area (Å²) in [5, 5.41) is 0.0230. The predicted octanol–water partition coefficient (Wildman–Crippen LogP) is 2.57. The second kappa shape index (κ2) is 6.13. The van der Waals surface area contributed by atoms with Gasteiger partial charge in [-0.2, -0.15) is 0 Å². The Labute approximate surface area is 87.0 Å². The Kier molecular flexibility index (Phi) is 5.05. The van der Waals surface area contributed by atoms with Gasteiger partial charge in [0.05, 0.1) is 0 Å². The van der Waals surface area contributed by atoms with Gasteiger partial charge < -0.3 is 9.47 Å². The zero-order chi connectivity index (χ0) is 9.52. The van der Waals surface area contributed by atoms with E-state index in [9.17, 15) is 0 Å². The fraction of sp³-hybridized carbons (Fsp3) is 0.400. The molecule has 0 fully saturated rings. The van der Waals surface area contributed by atoms with E-state index in [1.165, 1.54) is 5.56 Å². The first-order valence-electron chi connectivity index (χ1n) is 4.11. The summed E-state index contributed by atoms with van der Waals surface area (Å²) in [4.78, 5) is 0. The van der Waals surface area contributed by atoms with Crippen molar-refractivity contribution in [1.29, 1.82) is 0 Å². The van der Waals surface area contributed by atoms with Crippen LogP contribution in [-0.2, 0) is 15.9 Å². The lowest BCUT2D eigenvalue weighted by Gasteiger charge is -2.10. The van der Waals surface area contributed by atoms with Crippen molar-refractivity contribution in [1.82, 2.24) is 0 Å². The van der Waals surface area contributed by atoms with Crippen LogP contribution in [0.15, 0.2) is 30.3 Å². The summed E-state index contributed by atoms with van der Waals surface area (Å²) in [6, 6.07) is 10.2. The maximum absolute atomic E-state index is 5.29. The molecule has 0 saturated heterocycles. The van der Waals surface area contributed by atoms with Crippen LogP contribution in [0, 0.1) is 0 Å². The number of hydrogen-bond donors (Lipinski definition) is 0. The molecule has 1 rings (SSSR count). The lowest BCUT2D eigenvalue weighted by molar-refractivity contribution is -0.0391. The summed E-state index contributed by atoms with van der Waals surface area (Å²) in [7, 11) is 1.61. The molecule has 1 aromatic carbocycles. The highest BCUT2D eigenvalue weighted by atomic mass is 79.9. The van der Waals surface area contributed by atoms with Gasteiger partial charge in [-0.1, -0.05) is 46.3 Å². The number of hydrogen-bond acceptors (Lipinski definition) is 2. The molecule has 72 valence electrons. The second-order valence-electron chi connectivity index (χ2n) is 2.67. The number of ether oxygens (including phenoxy) is 2. The summed E-state index contributed by atoms with van der Waals surface area (Å²) >= 11 is 3.41. The van der Waals surface area contributed by atoms with Gasteiger partial charge in [-0.25, -0.2) is 0 Å². The zero-order valence-electron chi connectivity index (χ0n) is 7.57. The fourth-order valence-electron chi connectivity index (χ4n) is 1.00. The fourth-order valence-corrected chi connectivity index (χ4v) is 1.48. The molecule has 0 aliphatic heterocycles. The largest absolute Gasteiger partial charge is 0.359 e. The molecule has 13 heavy (non-hydrogen) atoms. The Balaban J connectivity index is 2.32. The summed E-state index contributed by atoms with van der Waals surface area (Å²) in [5.41, 5.74) is 1.25. The molecule has 0 amide bonds. The van der Waals surface area contributed by atoms with E-state index < -0.39 is 0 Å². The van der Waals surface area contributed by atoms with E-state index in [-0.39, 0.29) is 5.01 Å². The number of benzene rings is 1. The van der Waals surface area contributed by atoms with Crippen molar-refractivity contribution in [3.05, 3.63) is 35.9 Å². The van der Waals surface area contributed by atoms with Crippen LogP contribution in [0.25, 0.3) is 0 Å². The number of alkyl halides is 1. The van der Waals surface area contributed by atoms with Gasteiger partial charge in [0.1, 0.15) is 11.8 Å². The smallest absolute Gasteiger partial charge is 0.147 e. The van der Waals surface area contributed by atoms with Gasteiger partial charge in [0.15, 0.2) is 0 Å². The first-order chi connectivity index (χ1) is 6.33. The Bertz CT molecular complexity index is 226. The van der Waals surface area contributed by atoms with E-state index >= 15 is 0 Å². The van der Waals surface area contributed by atoms with Gasteiger partial charge >= 0.3 is 0 Å². The second-order valence-corrected chi connectivity index (χ2v) is 3.69. The monoisotopic (exact) mass is 244 g/mol. The minimum atomic E-state index is 0.0230. The van der Waals surface area contributed by atoms with Gasteiger partial charge in [-0.3, -0.25) is 0 Å². The maximum Gasteiger partial charge on any atom is 0.147 e. The van der Waals surface area contributed by atoms with Gasteiger partial charge in [0.2, 0.25) is 0 Å². The van der Waals surface area contributed by atoms with Crippen molar-refractivity contribution >= 4 is 15.9 Å². The van der Waals surface area contributed by atoms with Crippen molar-refractivity contribution in [2.45, 2.75) is 11.4 Å². The van der Waals surface area contributed by atoms with Gasteiger partial charge in [-0.05, 0) is 5.56 Å². The molecular formula is C10H13BrO2. The van der Waals surface area contributed by atoms with Crippen LogP contribution in [0.4, 0.5) is 0 Å². The molecule has 1 unspecified atom stereocenters. The Morgan fingerprint density at radius 1 is 1.31 bits per heavy atom. The normalized spacial score (nSPS) is 12.8. The third-order valence-electron chi connectivity index (χ3n) is 1.61. The van der Waals surface area contributed by atoms with Crippen molar-refractivity contribution < 1.29 is 9.47 Å². The molecule has 0 N–H and O–H groups in total. The van der Waals surface area contributed by atoms with Crippen LogP contribution in [-0.4, -0.2) is 18.9 Å². The summed E-state index contributed by atoms with van der Waals surface area (Å²) in [5.74, 6) is 0. The molecule has 0 heterocycles. The zero-order valence-corrected chi connectivity index (χ0v) is 9.16. The molecule has 0 aliphatic carbocycles. The molecular weight excluding hydrogens is 232 g/mol. The Morgan fingerprint density at radius 2 is 2.00 bits per heavy atom. The van der Waals surface area contributed by atoms with Crippen LogP contribution >= 0.6 is 15.9 Å². The van der Waals surface area contributed by atoms with E-state index in [0.29, 0.717) is 6.79 Å². The summed E-state index contributed by atoms with van der Waals surface area (Å²) in [6.07, 6.45) is 0.851. The van der Waals surface area contributed by atoms with Crippen molar-refractivity contribution in [2.75, 3.05) is 13.9 Å². The number of halogens is 1. The Morgan fingerprint density at radius 3 is 2.62 bits per heavy atom. The minimum absolute atomic E-state index is 0.0230. The van der Waals surface area contributed by atoms with Crippen LogP contribution < -0.4 is 0 Å². The van der Waals surface area contributed by atoms with E-state index in [1.807, 2.05) is 18.2 Å². The van der Waals surface area contributed by atoms with Crippen molar-refractivity contribution in [2.24, 2.45) is 0 Å². The lowest BCUT2D eigenvalue weighted by Crippen LogP contribution is -2.09. The highest BCUT2D eigenvalue weighted by Gasteiger charge is 2.04. The highest BCUT2D eigenvalue weighted by molar-refractivity contribution is 9.09. The predicted molar refractivity (Wildman–Crippen MR) is 55.8 cm³/mol. The first kappa shape index (κ1) is 10.7. The van der Waals surface area contributed by atoms with Crippen molar-refractivity contribution in [3.8, 4) is 0 Å². The molecule has 1 aromatic rings. The number of methoxy groups -OCH3 is 1. The van der Waals surface area contributed by atoms with E-state index in [0.717, 1.165) is 6.42 Å². The van der Waals surface area contributed by atoms with Gasteiger partial charge in [0.25, 0.3) is 0 Å². The average Bonchev–Trinajstić information content (AvgIpc) is 2.16. The Hall–Kier alpha value is -0.380. The third kappa shape index (κ3) is 4.41. The summed E-state index contributed by atoms with van der Waals surface area (Å²) in [6.45, 7) is 0.322. The van der Waals surface area contributed by atoms with Gasteiger partial charge in [0, 0.05) is 13.5 Å². The van der Waals surface area contributed by atoms with Crippen LogP contribution in [0.1, 0.15) is 5.56 Å². The molecule has 0 aromatic heterocycles. The first-order valence-corrected chi connectivity index (χ1v) is 5.03. The molecule has 0 aliphatic rings. The van der Waals surface area contributed by atoms with E-state index in [1.54, 1.807) is 7.11 Å². The third-order valence-corrected chi connectivity index (χ3v) is 2.19. The van der Waals surface area contributed by atoms with Crippen molar-refractivity contribution in [3.63, 3.8) is 0 Å². The van der Waals surface area contributed by atoms with Crippen LogP contribution in [0.2, 0.25) is 0 Å². The molecule has 0 radical (unpaired) electrons. The lowest BCUT2D eigenvalue weighted by atomic mass is 10.2. The topological polar surface area (TPSA) is 18.5 Å². The quantitative estimate of drug-likeness (QED) is 0.586. The number of rotatable bonds is 5.